The molecule has 0 saturated carbocycles. The molecule has 0 unspecified atom stereocenters. The van der Waals surface area contributed by atoms with Crippen molar-refractivity contribution in [2.45, 2.75) is 0 Å². The number of ether oxygens (including phenoxy) is 3. The van der Waals surface area contributed by atoms with E-state index in [2.05, 4.69) is 5.32 Å². The van der Waals surface area contributed by atoms with Crippen LogP contribution in [-0.2, 0) is 4.79 Å². The van der Waals surface area contributed by atoms with Crippen molar-refractivity contribution < 1.29 is 23.8 Å². The van der Waals surface area contributed by atoms with Gasteiger partial charge in [-0.15, -0.1) is 0 Å². The lowest BCUT2D eigenvalue weighted by molar-refractivity contribution is -0.118. The molecule has 3 aromatic rings. The van der Waals surface area contributed by atoms with Crippen LogP contribution in [0, 0.1) is 0 Å². The van der Waals surface area contributed by atoms with E-state index in [1.807, 2.05) is 24.3 Å². The summed E-state index contributed by atoms with van der Waals surface area (Å²) in [5, 5.41) is 2.75. The van der Waals surface area contributed by atoms with E-state index < -0.39 is 0 Å². The fourth-order valence-corrected chi connectivity index (χ4v) is 2.81. The van der Waals surface area contributed by atoms with Gasteiger partial charge in [-0.1, -0.05) is 30.3 Å². The molecule has 158 valence electrons. The highest BCUT2D eigenvalue weighted by Crippen LogP contribution is 2.28. The molecular weight excluding hydrogens is 394 g/mol. The number of carbonyl (C=O) groups excluding carboxylic acids is 2. The molecule has 0 radical (unpaired) electrons. The molecular formula is C25H23NO5. The normalized spacial score (nSPS) is 10.5. The molecule has 0 aromatic heterocycles. The van der Waals surface area contributed by atoms with E-state index in [4.69, 9.17) is 14.2 Å². The topological polar surface area (TPSA) is 73.9 Å². The van der Waals surface area contributed by atoms with Gasteiger partial charge in [0.05, 0.1) is 14.2 Å². The SMILES string of the molecule is COc1ccc(/C=C/C(=O)c2ccc(OCC(=O)Nc3ccccc3)cc2)cc1OC. The number of rotatable bonds is 9. The Balaban J connectivity index is 1.55. The Labute approximate surface area is 181 Å². The van der Waals surface area contributed by atoms with Crippen LogP contribution in [0.2, 0.25) is 0 Å². The van der Waals surface area contributed by atoms with Gasteiger partial charge >= 0.3 is 0 Å². The molecule has 0 aliphatic heterocycles. The quantitative estimate of drug-likeness (QED) is 0.406. The van der Waals surface area contributed by atoms with Crippen LogP contribution in [0.15, 0.2) is 78.9 Å². The monoisotopic (exact) mass is 417 g/mol. The zero-order valence-electron chi connectivity index (χ0n) is 17.3. The lowest BCUT2D eigenvalue weighted by Crippen LogP contribution is -2.20. The van der Waals surface area contributed by atoms with Crippen LogP contribution in [0.3, 0.4) is 0 Å². The number of hydrogen-bond acceptors (Lipinski definition) is 5. The summed E-state index contributed by atoms with van der Waals surface area (Å²) in [6.07, 6.45) is 3.20. The Morgan fingerprint density at radius 1 is 0.871 bits per heavy atom. The lowest BCUT2D eigenvalue weighted by Gasteiger charge is -2.08. The van der Waals surface area contributed by atoms with Crippen LogP contribution in [0.1, 0.15) is 15.9 Å². The van der Waals surface area contributed by atoms with Gasteiger partial charge in [0.25, 0.3) is 5.91 Å². The molecule has 0 saturated heterocycles. The number of hydrogen-bond donors (Lipinski definition) is 1. The molecule has 0 spiro atoms. The molecule has 6 nitrogen and oxygen atoms in total. The van der Waals surface area contributed by atoms with Crippen molar-refractivity contribution in [1.29, 1.82) is 0 Å². The van der Waals surface area contributed by atoms with Crippen LogP contribution in [0.5, 0.6) is 17.2 Å². The average molecular weight is 417 g/mol. The van der Waals surface area contributed by atoms with Crippen molar-refractivity contribution in [2.24, 2.45) is 0 Å². The summed E-state index contributed by atoms with van der Waals surface area (Å²) in [6.45, 7) is -0.124. The highest BCUT2D eigenvalue weighted by atomic mass is 16.5. The summed E-state index contributed by atoms with van der Waals surface area (Å²) in [5.74, 6) is 1.31. The molecule has 1 amide bonds. The van der Waals surface area contributed by atoms with E-state index in [1.54, 1.807) is 68.8 Å². The maximum Gasteiger partial charge on any atom is 0.262 e. The average Bonchev–Trinajstić information content (AvgIpc) is 2.82. The summed E-state index contributed by atoms with van der Waals surface area (Å²) in [4.78, 5) is 24.4. The van der Waals surface area contributed by atoms with Crippen LogP contribution < -0.4 is 19.5 Å². The molecule has 1 N–H and O–H groups in total. The summed E-state index contributed by atoms with van der Waals surface area (Å²) in [5.41, 5.74) is 2.03. The van der Waals surface area contributed by atoms with E-state index in [-0.39, 0.29) is 18.3 Å². The third-order valence-electron chi connectivity index (χ3n) is 4.40. The van der Waals surface area contributed by atoms with Crippen molar-refractivity contribution in [1.82, 2.24) is 0 Å². The van der Waals surface area contributed by atoms with Crippen LogP contribution in [0.25, 0.3) is 6.08 Å². The molecule has 6 heteroatoms. The van der Waals surface area contributed by atoms with Crippen molar-refractivity contribution in [3.05, 3.63) is 90.0 Å². The lowest BCUT2D eigenvalue weighted by atomic mass is 10.1. The molecule has 0 aliphatic rings. The summed E-state index contributed by atoms with van der Waals surface area (Å²) in [7, 11) is 3.13. The molecule has 0 bridgehead atoms. The Morgan fingerprint density at radius 2 is 1.58 bits per heavy atom. The summed E-state index contributed by atoms with van der Waals surface area (Å²) < 4.78 is 16.0. The summed E-state index contributed by atoms with van der Waals surface area (Å²) >= 11 is 0. The first-order chi connectivity index (χ1) is 15.1. The second kappa shape index (κ2) is 10.6. The van der Waals surface area contributed by atoms with Gasteiger partial charge in [-0.3, -0.25) is 9.59 Å². The third kappa shape index (κ3) is 6.21. The fraction of sp³-hybridized carbons (Fsp3) is 0.120. The first-order valence-electron chi connectivity index (χ1n) is 9.61. The zero-order chi connectivity index (χ0) is 22.1. The molecule has 31 heavy (non-hydrogen) atoms. The highest BCUT2D eigenvalue weighted by Gasteiger charge is 2.07. The number of para-hydroxylation sites is 1. The van der Waals surface area contributed by atoms with Gasteiger partial charge in [-0.2, -0.15) is 0 Å². The number of carbonyl (C=O) groups is 2. The van der Waals surface area contributed by atoms with Crippen LogP contribution in [0.4, 0.5) is 5.69 Å². The van der Waals surface area contributed by atoms with E-state index in [9.17, 15) is 9.59 Å². The number of anilines is 1. The van der Waals surface area contributed by atoms with Crippen molar-refractivity contribution in [2.75, 3.05) is 26.1 Å². The maximum atomic E-state index is 12.4. The molecule has 0 fully saturated rings. The van der Waals surface area contributed by atoms with E-state index in [0.717, 1.165) is 5.56 Å². The molecule has 0 atom stereocenters. The Hall–Kier alpha value is -4.06. The maximum absolute atomic E-state index is 12.4. The van der Waals surface area contributed by atoms with Crippen LogP contribution >= 0.6 is 0 Å². The predicted molar refractivity (Wildman–Crippen MR) is 120 cm³/mol. The number of ketones is 1. The standard InChI is InChI=1S/C25H23NO5/c1-29-23-15-9-18(16-24(23)30-2)8-14-22(27)19-10-12-21(13-11-19)31-17-25(28)26-20-6-4-3-5-7-20/h3-16H,17H2,1-2H3,(H,26,28)/b14-8+. The Bertz CT molecular complexity index is 1060. The Morgan fingerprint density at radius 3 is 2.26 bits per heavy atom. The van der Waals surface area contributed by atoms with Crippen molar-refractivity contribution in [3.63, 3.8) is 0 Å². The van der Waals surface area contributed by atoms with Gasteiger partial charge < -0.3 is 19.5 Å². The first-order valence-corrected chi connectivity index (χ1v) is 9.61. The first kappa shape index (κ1) is 21.6. The van der Waals surface area contributed by atoms with Gasteiger partial charge in [0, 0.05) is 11.3 Å². The van der Waals surface area contributed by atoms with Gasteiger partial charge in [-0.25, -0.2) is 0 Å². The molecule has 3 aromatic carbocycles. The van der Waals surface area contributed by atoms with Gasteiger partial charge in [0.2, 0.25) is 0 Å². The number of nitrogens with one attached hydrogen (secondary N) is 1. The van der Waals surface area contributed by atoms with Gasteiger partial charge in [-0.05, 0) is 60.2 Å². The minimum Gasteiger partial charge on any atom is -0.493 e. The van der Waals surface area contributed by atoms with Crippen molar-refractivity contribution in [3.8, 4) is 17.2 Å². The number of allylic oxidation sites excluding steroid dienone is 1. The minimum atomic E-state index is -0.260. The number of methoxy groups -OCH3 is 2. The Kier molecular flexibility index (Phi) is 7.43. The zero-order valence-corrected chi connectivity index (χ0v) is 17.3. The fourth-order valence-electron chi connectivity index (χ4n) is 2.81. The smallest absolute Gasteiger partial charge is 0.262 e. The predicted octanol–water partition coefficient (Wildman–Crippen LogP) is 4.62. The molecule has 0 heterocycles. The molecule has 0 aliphatic carbocycles. The minimum absolute atomic E-state index is 0.124. The van der Waals surface area contributed by atoms with E-state index in [0.29, 0.717) is 28.5 Å². The number of amides is 1. The third-order valence-corrected chi connectivity index (χ3v) is 4.40. The largest absolute Gasteiger partial charge is 0.493 e. The van der Waals surface area contributed by atoms with Gasteiger partial charge in [0.15, 0.2) is 23.9 Å². The van der Waals surface area contributed by atoms with Crippen LogP contribution in [-0.4, -0.2) is 32.5 Å². The van der Waals surface area contributed by atoms with Gasteiger partial charge in [0.1, 0.15) is 5.75 Å². The molecule has 3 rings (SSSR count). The second-order valence-corrected chi connectivity index (χ2v) is 6.54. The van der Waals surface area contributed by atoms with E-state index >= 15 is 0 Å². The summed E-state index contributed by atoms with van der Waals surface area (Å²) in [6, 6.07) is 21.2. The van der Waals surface area contributed by atoms with Crippen molar-refractivity contribution >= 4 is 23.5 Å². The number of benzene rings is 3. The second-order valence-electron chi connectivity index (χ2n) is 6.54. The highest BCUT2D eigenvalue weighted by molar-refractivity contribution is 6.06. The van der Waals surface area contributed by atoms with E-state index in [1.165, 1.54) is 6.08 Å².